The molecule has 0 saturated heterocycles. The van der Waals surface area contributed by atoms with Crippen molar-refractivity contribution in [3.8, 4) is 11.5 Å². The molecule has 5 rings (SSSR count). The van der Waals surface area contributed by atoms with Crippen LogP contribution >= 0.6 is 12.2 Å². The van der Waals surface area contributed by atoms with Gasteiger partial charge in [-0.05, 0) is 66.5 Å². The normalized spacial score (nSPS) is 14.2. The van der Waals surface area contributed by atoms with Crippen LogP contribution in [0.1, 0.15) is 17.5 Å². The van der Waals surface area contributed by atoms with Crippen LogP contribution in [-0.2, 0) is 13.0 Å². The van der Waals surface area contributed by atoms with Gasteiger partial charge in [-0.25, -0.2) is 4.98 Å². The number of aromatic nitrogens is 1. The fourth-order valence-corrected chi connectivity index (χ4v) is 3.99. The Bertz CT molecular complexity index is 1070. The summed E-state index contributed by atoms with van der Waals surface area (Å²) in [6.45, 7) is 1.85. The number of ether oxygens (including phenoxy) is 2. The van der Waals surface area contributed by atoms with Crippen LogP contribution in [0.3, 0.4) is 0 Å². The topological polar surface area (TPSA) is 58.6 Å². The minimum Gasteiger partial charge on any atom is -0.454 e. The van der Waals surface area contributed by atoms with Crippen molar-refractivity contribution in [2.75, 3.05) is 23.6 Å². The largest absolute Gasteiger partial charge is 0.454 e. The number of hydrogen-bond donors (Lipinski definition) is 2. The molecule has 3 heterocycles. The number of fused-ring (bicyclic) bond motifs is 2. The molecule has 0 unspecified atom stereocenters. The van der Waals surface area contributed by atoms with Crippen molar-refractivity contribution in [3.63, 3.8) is 0 Å². The van der Waals surface area contributed by atoms with E-state index in [1.807, 2.05) is 36.5 Å². The summed E-state index contributed by atoms with van der Waals surface area (Å²) in [5.74, 6) is 2.50. The first-order valence-electron chi connectivity index (χ1n) is 10.0. The molecule has 0 amide bonds. The number of aryl methyl sites for hydroxylation is 1. The Hall–Kier alpha value is -3.32. The monoisotopic (exact) mass is 418 g/mol. The number of nitrogens with one attached hydrogen (secondary N) is 2. The molecule has 3 aromatic rings. The number of nitrogens with zero attached hydrogens (tertiary/aromatic N) is 2. The van der Waals surface area contributed by atoms with E-state index in [0.717, 1.165) is 48.0 Å². The zero-order chi connectivity index (χ0) is 20.3. The lowest BCUT2D eigenvalue weighted by molar-refractivity contribution is 0.174. The Morgan fingerprint density at radius 3 is 2.87 bits per heavy atom. The van der Waals surface area contributed by atoms with Gasteiger partial charge in [-0.3, -0.25) is 0 Å². The van der Waals surface area contributed by atoms with Crippen molar-refractivity contribution >= 4 is 34.5 Å². The highest BCUT2D eigenvalue weighted by molar-refractivity contribution is 7.80. The van der Waals surface area contributed by atoms with Gasteiger partial charge < -0.3 is 25.0 Å². The molecule has 0 saturated carbocycles. The van der Waals surface area contributed by atoms with Crippen molar-refractivity contribution in [1.82, 2.24) is 10.3 Å². The van der Waals surface area contributed by atoms with E-state index in [9.17, 15) is 0 Å². The first-order chi connectivity index (χ1) is 14.8. The van der Waals surface area contributed by atoms with E-state index in [0.29, 0.717) is 11.7 Å². The SMILES string of the molecule is S=C(NCc1ccc2c(c1)OCO2)Nc1ccc(N2CCCc3ccccc32)nc1. The second kappa shape index (κ2) is 8.20. The Kier molecular flexibility index (Phi) is 5.11. The number of pyridine rings is 1. The molecule has 2 aliphatic rings. The van der Waals surface area contributed by atoms with Gasteiger partial charge in [0.05, 0.1) is 11.9 Å². The highest BCUT2D eigenvalue weighted by Gasteiger charge is 2.18. The highest BCUT2D eigenvalue weighted by atomic mass is 32.1. The molecular weight excluding hydrogens is 396 g/mol. The minimum absolute atomic E-state index is 0.276. The fraction of sp³-hybridized carbons (Fsp3) is 0.217. The van der Waals surface area contributed by atoms with E-state index >= 15 is 0 Å². The quantitative estimate of drug-likeness (QED) is 0.610. The molecule has 0 fully saturated rings. The van der Waals surface area contributed by atoms with Gasteiger partial charge in [0.15, 0.2) is 16.6 Å². The zero-order valence-corrected chi connectivity index (χ0v) is 17.2. The molecule has 0 atom stereocenters. The summed E-state index contributed by atoms with van der Waals surface area (Å²) in [7, 11) is 0. The molecule has 2 aromatic carbocycles. The molecule has 0 spiro atoms. The van der Waals surface area contributed by atoms with Gasteiger partial charge in [0, 0.05) is 18.8 Å². The molecule has 2 aliphatic heterocycles. The maximum atomic E-state index is 5.43. The molecule has 6 nitrogen and oxygen atoms in total. The van der Waals surface area contributed by atoms with E-state index < -0.39 is 0 Å². The average molecular weight is 419 g/mol. The molecule has 30 heavy (non-hydrogen) atoms. The Balaban J connectivity index is 1.20. The maximum absolute atomic E-state index is 5.43. The van der Waals surface area contributed by atoms with E-state index in [4.69, 9.17) is 21.7 Å². The van der Waals surface area contributed by atoms with E-state index in [1.165, 1.54) is 11.3 Å². The molecule has 7 heteroatoms. The lowest BCUT2D eigenvalue weighted by Gasteiger charge is -2.30. The van der Waals surface area contributed by atoms with Crippen molar-refractivity contribution in [1.29, 1.82) is 0 Å². The van der Waals surface area contributed by atoms with Crippen molar-refractivity contribution in [2.45, 2.75) is 19.4 Å². The van der Waals surface area contributed by atoms with Crippen LogP contribution in [0, 0.1) is 0 Å². The Morgan fingerprint density at radius 1 is 1.07 bits per heavy atom. The molecule has 152 valence electrons. The van der Waals surface area contributed by atoms with E-state index in [1.54, 1.807) is 0 Å². The zero-order valence-electron chi connectivity index (χ0n) is 16.4. The maximum Gasteiger partial charge on any atom is 0.231 e. The number of anilines is 3. The summed E-state index contributed by atoms with van der Waals surface area (Å²) in [6, 6.07) is 18.5. The van der Waals surface area contributed by atoms with Gasteiger partial charge in [0.1, 0.15) is 5.82 Å². The Morgan fingerprint density at radius 2 is 1.97 bits per heavy atom. The van der Waals surface area contributed by atoms with Gasteiger partial charge in [0.2, 0.25) is 6.79 Å². The number of thiocarbonyl (C=S) groups is 1. The molecule has 0 bridgehead atoms. The summed E-state index contributed by atoms with van der Waals surface area (Å²) in [4.78, 5) is 6.93. The van der Waals surface area contributed by atoms with Crippen LogP contribution in [0.2, 0.25) is 0 Å². The van der Waals surface area contributed by atoms with Crippen LogP contribution < -0.4 is 25.0 Å². The summed E-state index contributed by atoms with van der Waals surface area (Å²) in [5, 5.41) is 6.96. The highest BCUT2D eigenvalue weighted by Crippen LogP contribution is 2.33. The first-order valence-corrected chi connectivity index (χ1v) is 10.4. The number of benzene rings is 2. The van der Waals surface area contributed by atoms with Crippen LogP contribution in [-0.4, -0.2) is 23.4 Å². The predicted octanol–water partition coefficient (Wildman–Crippen LogP) is 4.38. The first kappa shape index (κ1) is 18.7. The second-order valence-electron chi connectivity index (χ2n) is 7.28. The predicted molar refractivity (Wildman–Crippen MR) is 122 cm³/mol. The average Bonchev–Trinajstić information content (AvgIpc) is 3.26. The second-order valence-corrected chi connectivity index (χ2v) is 7.69. The van der Waals surface area contributed by atoms with Gasteiger partial charge >= 0.3 is 0 Å². The molecule has 0 aliphatic carbocycles. The van der Waals surface area contributed by atoms with Crippen molar-refractivity contribution in [3.05, 3.63) is 71.9 Å². The lowest BCUT2D eigenvalue weighted by Crippen LogP contribution is -2.28. The van der Waals surface area contributed by atoms with Gasteiger partial charge in [-0.1, -0.05) is 24.3 Å². The standard InChI is InChI=1S/C23H22N4O2S/c30-23(25-13-16-7-9-20-21(12-16)29-15-28-20)26-18-8-10-22(24-14-18)27-11-3-5-17-4-1-2-6-19(17)27/h1-2,4,6-10,12,14H,3,5,11,13,15H2,(H2,25,26,30). The van der Waals surface area contributed by atoms with Crippen LogP contribution in [0.4, 0.5) is 17.2 Å². The lowest BCUT2D eigenvalue weighted by atomic mass is 10.0. The van der Waals surface area contributed by atoms with Gasteiger partial charge in [0.25, 0.3) is 0 Å². The smallest absolute Gasteiger partial charge is 0.231 e. The van der Waals surface area contributed by atoms with Crippen molar-refractivity contribution < 1.29 is 9.47 Å². The number of para-hydroxylation sites is 1. The van der Waals surface area contributed by atoms with Gasteiger partial charge in [-0.15, -0.1) is 0 Å². The fourth-order valence-electron chi connectivity index (χ4n) is 3.80. The van der Waals surface area contributed by atoms with E-state index in [2.05, 4.69) is 44.8 Å². The summed E-state index contributed by atoms with van der Waals surface area (Å²) in [5.41, 5.74) is 4.55. The third kappa shape index (κ3) is 3.89. The molecule has 0 radical (unpaired) electrons. The van der Waals surface area contributed by atoms with Gasteiger partial charge in [-0.2, -0.15) is 0 Å². The van der Waals surface area contributed by atoms with Crippen LogP contribution in [0.5, 0.6) is 11.5 Å². The van der Waals surface area contributed by atoms with Crippen LogP contribution in [0.15, 0.2) is 60.8 Å². The summed E-state index contributed by atoms with van der Waals surface area (Å²) < 4.78 is 10.8. The summed E-state index contributed by atoms with van der Waals surface area (Å²) in [6.07, 6.45) is 4.07. The van der Waals surface area contributed by atoms with Crippen molar-refractivity contribution in [2.24, 2.45) is 0 Å². The third-order valence-corrected chi connectivity index (χ3v) is 5.53. The Labute approximate surface area is 180 Å². The molecule has 1 aromatic heterocycles. The molecule has 2 N–H and O–H groups in total. The number of rotatable bonds is 4. The van der Waals surface area contributed by atoms with Crippen LogP contribution in [0.25, 0.3) is 0 Å². The summed E-state index contributed by atoms with van der Waals surface area (Å²) >= 11 is 5.43. The van der Waals surface area contributed by atoms with E-state index in [-0.39, 0.29) is 6.79 Å². The third-order valence-electron chi connectivity index (χ3n) is 5.28. The minimum atomic E-state index is 0.276. The molecular formula is C23H22N4O2S. The number of hydrogen-bond acceptors (Lipinski definition) is 5.